The van der Waals surface area contributed by atoms with Crippen molar-refractivity contribution in [1.82, 2.24) is 0 Å². The minimum Gasteiger partial charge on any atom is -0.394 e. The normalized spacial score (nSPS) is 14.8. The summed E-state index contributed by atoms with van der Waals surface area (Å²) in [6, 6.07) is 0. The zero-order chi connectivity index (χ0) is 10.9. The molecule has 6 N–H and O–H groups in total. The molecule has 0 fully saturated rings. The summed E-state index contributed by atoms with van der Waals surface area (Å²) in [6.45, 7) is -1.18. The van der Waals surface area contributed by atoms with Crippen molar-refractivity contribution in [3.8, 4) is 0 Å². The molecule has 6 nitrogen and oxygen atoms in total. The van der Waals surface area contributed by atoms with Crippen molar-refractivity contribution < 1.29 is 30.6 Å². The molecule has 0 amide bonds. The predicted molar refractivity (Wildman–Crippen MR) is 48.3 cm³/mol. The van der Waals surface area contributed by atoms with Crippen LogP contribution in [0, 0.1) is 0 Å². The van der Waals surface area contributed by atoms with Crippen LogP contribution < -0.4 is 0 Å². The van der Waals surface area contributed by atoms with Crippen molar-refractivity contribution >= 4 is 12.6 Å². The van der Waals surface area contributed by atoms with Crippen LogP contribution in [0.15, 0.2) is 0 Å². The molecule has 0 spiro atoms. The molecule has 0 aliphatic rings. The van der Waals surface area contributed by atoms with E-state index in [1.807, 2.05) is 0 Å². The fraction of sp³-hybridized carbons (Fsp3) is 1.00. The number of rotatable bonds is 4. The summed E-state index contributed by atoms with van der Waals surface area (Å²) in [5.74, 6) is 0. The average molecular weight is 216 g/mol. The van der Waals surface area contributed by atoms with Crippen LogP contribution in [0.3, 0.4) is 0 Å². The van der Waals surface area contributed by atoms with Gasteiger partial charge in [-0.2, -0.15) is 0 Å². The van der Waals surface area contributed by atoms with Crippen molar-refractivity contribution in [1.29, 1.82) is 0 Å². The summed E-state index contributed by atoms with van der Waals surface area (Å²) in [7, 11) is 0. The maximum atomic E-state index is 8.36. The van der Waals surface area contributed by atoms with E-state index in [4.69, 9.17) is 30.6 Å². The number of thiol groups is 1. The number of aliphatic hydroxyl groups is 6. The Labute approximate surface area is 81.5 Å². The molecule has 2 atom stereocenters. The molecule has 0 aromatic heterocycles. The number of hydrogen-bond acceptors (Lipinski definition) is 7. The molecule has 7 heteroatoms. The molecular formula is C6H16O6S. The van der Waals surface area contributed by atoms with Gasteiger partial charge in [0.25, 0.3) is 0 Å². The lowest BCUT2D eigenvalue weighted by atomic mass is 10.4. The molecule has 82 valence electrons. The summed E-state index contributed by atoms with van der Waals surface area (Å²) >= 11 is 3.42. The SMILES string of the molecule is OCC(O)C(O)S.OCC(O)CO. The molecule has 0 aromatic rings. The second kappa shape index (κ2) is 10.2. The third-order valence-corrected chi connectivity index (χ3v) is 1.30. The highest BCUT2D eigenvalue weighted by atomic mass is 32.1. The molecule has 0 rings (SSSR count). The average Bonchev–Trinajstić information content (AvgIpc) is 2.16. The monoisotopic (exact) mass is 216 g/mol. The molecule has 0 saturated heterocycles. The molecule has 0 heterocycles. The van der Waals surface area contributed by atoms with Gasteiger partial charge in [-0.05, 0) is 0 Å². The molecule has 0 aromatic carbocycles. The van der Waals surface area contributed by atoms with E-state index in [1.165, 1.54) is 0 Å². The van der Waals surface area contributed by atoms with Gasteiger partial charge in [-0.15, -0.1) is 12.6 Å². The zero-order valence-corrected chi connectivity index (χ0v) is 7.88. The lowest BCUT2D eigenvalue weighted by Gasteiger charge is -2.06. The van der Waals surface area contributed by atoms with Crippen LogP contribution in [-0.2, 0) is 0 Å². The van der Waals surface area contributed by atoms with Gasteiger partial charge in [0, 0.05) is 0 Å². The highest BCUT2D eigenvalue weighted by molar-refractivity contribution is 7.80. The summed E-state index contributed by atoms with van der Waals surface area (Å²) in [6.07, 6.45) is -2.08. The quantitative estimate of drug-likeness (QED) is 0.198. The van der Waals surface area contributed by atoms with Crippen LogP contribution in [0.4, 0.5) is 0 Å². The summed E-state index contributed by atoms with van der Waals surface area (Å²) < 4.78 is 0. The van der Waals surface area contributed by atoms with Gasteiger partial charge >= 0.3 is 0 Å². The highest BCUT2D eigenvalue weighted by Gasteiger charge is 2.07. The highest BCUT2D eigenvalue weighted by Crippen LogP contribution is 1.94. The second-order valence-electron chi connectivity index (χ2n) is 2.18. The van der Waals surface area contributed by atoms with E-state index < -0.39 is 24.3 Å². The first-order chi connectivity index (χ1) is 5.99. The van der Waals surface area contributed by atoms with Gasteiger partial charge in [0.1, 0.15) is 17.6 Å². The Morgan fingerprint density at radius 1 is 0.846 bits per heavy atom. The Bertz CT molecular complexity index is 97.1. The topological polar surface area (TPSA) is 121 Å². The summed E-state index contributed by atoms with van der Waals surface area (Å²) in [4.78, 5) is 0. The minimum absolute atomic E-state index is 0.365. The molecule has 0 radical (unpaired) electrons. The standard InChI is InChI=1S/C3H8O3S.C3H8O3/c4-1-2(5)3(6)7;4-1-3(6)2-5/h2-7H,1H2;3-6H,1-2H2. The van der Waals surface area contributed by atoms with Crippen LogP contribution in [0.1, 0.15) is 0 Å². The lowest BCUT2D eigenvalue weighted by Crippen LogP contribution is -2.23. The number of hydrogen-bond donors (Lipinski definition) is 7. The molecule has 2 unspecified atom stereocenters. The van der Waals surface area contributed by atoms with Gasteiger partial charge in [0.15, 0.2) is 0 Å². The molecule has 0 aliphatic heterocycles. The second-order valence-corrected chi connectivity index (χ2v) is 2.71. The number of aliphatic hydroxyl groups excluding tert-OH is 6. The third-order valence-electron chi connectivity index (χ3n) is 0.953. The maximum Gasteiger partial charge on any atom is 0.125 e. The maximum absolute atomic E-state index is 8.36. The Morgan fingerprint density at radius 3 is 1.23 bits per heavy atom. The van der Waals surface area contributed by atoms with Crippen LogP contribution >= 0.6 is 12.6 Å². The van der Waals surface area contributed by atoms with Gasteiger partial charge in [-0.3, -0.25) is 0 Å². The first-order valence-corrected chi connectivity index (χ1v) is 4.06. The first kappa shape index (κ1) is 15.6. The van der Waals surface area contributed by atoms with Crippen LogP contribution in [0.25, 0.3) is 0 Å². The van der Waals surface area contributed by atoms with Gasteiger partial charge in [0.2, 0.25) is 0 Å². The summed E-state index contributed by atoms with van der Waals surface area (Å²) in [5.41, 5.74) is -1.13. The Morgan fingerprint density at radius 2 is 1.23 bits per heavy atom. The van der Waals surface area contributed by atoms with E-state index in [0.717, 1.165) is 0 Å². The van der Waals surface area contributed by atoms with E-state index in [-0.39, 0.29) is 13.2 Å². The lowest BCUT2D eigenvalue weighted by molar-refractivity contribution is 0.0294. The Hall–Kier alpha value is 0.110. The van der Waals surface area contributed by atoms with Crippen LogP contribution in [0.2, 0.25) is 0 Å². The van der Waals surface area contributed by atoms with E-state index in [0.29, 0.717) is 0 Å². The molecule has 0 bridgehead atoms. The van der Waals surface area contributed by atoms with E-state index in [1.54, 1.807) is 0 Å². The fourth-order valence-electron chi connectivity index (χ4n) is 0.152. The smallest absolute Gasteiger partial charge is 0.125 e. The largest absolute Gasteiger partial charge is 0.394 e. The van der Waals surface area contributed by atoms with E-state index in [2.05, 4.69) is 12.6 Å². The summed E-state index contributed by atoms with van der Waals surface area (Å²) in [5, 5.41) is 48.7. The van der Waals surface area contributed by atoms with Gasteiger partial charge in [0.05, 0.1) is 19.8 Å². The molecule has 0 aliphatic carbocycles. The van der Waals surface area contributed by atoms with Crippen molar-refractivity contribution in [2.45, 2.75) is 17.6 Å². The van der Waals surface area contributed by atoms with E-state index >= 15 is 0 Å². The van der Waals surface area contributed by atoms with Crippen molar-refractivity contribution in [3.05, 3.63) is 0 Å². The van der Waals surface area contributed by atoms with Gasteiger partial charge < -0.3 is 30.6 Å². The molecule has 0 saturated carbocycles. The van der Waals surface area contributed by atoms with Crippen LogP contribution in [0.5, 0.6) is 0 Å². The predicted octanol–water partition coefficient (Wildman–Crippen LogP) is -3.08. The zero-order valence-electron chi connectivity index (χ0n) is 6.98. The molecular weight excluding hydrogens is 200 g/mol. The van der Waals surface area contributed by atoms with Gasteiger partial charge in [-0.1, -0.05) is 0 Å². The fourth-order valence-corrected chi connectivity index (χ4v) is 0.246. The Kier molecular flexibility index (Phi) is 12.2. The first-order valence-electron chi connectivity index (χ1n) is 3.54. The Balaban J connectivity index is 0. The minimum atomic E-state index is -1.13. The van der Waals surface area contributed by atoms with Crippen LogP contribution in [-0.4, -0.2) is 68.1 Å². The van der Waals surface area contributed by atoms with Gasteiger partial charge in [-0.25, -0.2) is 0 Å². The van der Waals surface area contributed by atoms with Crippen molar-refractivity contribution in [2.75, 3.05) is 19.8 Å². The molecule has 13 heavy (non-hydrogen) atoms. The third kappa shape index (κ3) is 12.1. The van der Waals surface area contributed by atoms with Crippen molar-refractivity contribution in [2.24, 2.45) is 0 Å². The van der Waals surface area contributed by atoms with Crippen molar-refractivity contribution in [3.63, 3.8) is 0 Å². The van der Waals surface area contributed by atoms with E-state index in [9.17, 15) is 0 Å².